The van der Waals surface area contributed by atoms with E-state index in [0.717, 1.165) is 40.9 Å². The molecule has 1 unspecified atom stereocenters. The third-order valence-corrected chi connectivity index (χ3v) is 6.23. The van der Waals surface area contributed by atoms with Crippen molar-refractivity contribution in [2.24, 2.45) is 0 Å². The molecule has 5 rings (SSSR count). The molecule has 0 radical (unpaired) electrons. The van der Waals surface area contributed by atoms with E-state index in [1.54, 1.807) is 12.1 Å². The number of aromatic nitrogens is 2. The molecule has 5 nitrogen and oxygen atoms in total. The van der Waals surface area contributed by atoms with Crippen LogP contribution < -0.4 is 0 Å². The Balaban J connectivity index is 1.82. The minimum Gasteiger partial charge on any atom is -0.312 e. The average molecular weight is 413 g/mol. The maximum Gasteiger partial charge on any atom is 0.149 e. The first-order valence-electron chi connectivity index (χ1n) is 10.6. The molecule has 0 spiro atoms. The van der Waals surface area contributed by atoms with Gasteiger partial charge in [0.15, 0.2) is 0 Å². The van der Waals surface area contributed by atoms with E-state index in [9.17, 15) is 15.8 Å². The van der Waals surface area contributed by atoms with Gasteiger partial charge in [-0.25, -0.2) is 4.98 Å². The molecule has 3 aromatic rings. The predicted octanol–water partition coefficient (Wildman–Crippen LogP) is 5.66. The Bertz CT molecular complexity index is 1450. The lowest BCUT2D eigenvalue weighted by molar-refractivity contribution is 0.704. The van der Waals surface area contributed by atoms with Gasteiger partial charge in [0.05, 0.1) is 11.8 Å². The Labute approximate surface area is 186 Å². The molecule has 5 heteroatoms. The first-order valence-corrected chi connectivity index (χ1v) is 10.6. The molecule has 2 aromatic heterocycles. The van der Waals surface area contributed by atoms with Crippen molar-refractivity contribution in [3.8, 4) is 35.0 Å². The van der Waals surface area contributed by atoms with E-state index in [1.807, 2.05) is 24.3 Å². The molecule has 0 saturated heterocycles. The lowest BCUT2D eigenvalue weighted by Gasteiger charge is -2.23. The minimum atomic E-state index is 0.186. The Hall–Kier alpha value is -4.40. The first-order chi connectivity index (χ1) is 15.7. The van der Waals surface area contributed by atoms with Crippen LogP contribution in [0.25, 0.3) is 29.0 Å². The van der Waals surface area contributed by atoms with E-state index in [-0.39, 0.29) is 17.3 Å². The van der Waals surface area contributed by atoms with Crippen LogP contribution in [0.5, 0.6) is 0 Å². The molecule has 152 valence electrons. The molecule has 2 heterocycles. The summed E-state index contributed by atoms with van der Waals surface area (Å²) in [7, 11) is 0. The zero-order chi connectivity index (χ0) is 22.2. The molecule has 0 saturated carbocycles. The monoisotopic (exact) mass is 413 g/mol. The average Bonchev–Trinajstić information content (AvgIpc) is 3.18. The lowest BCUT2D eigenvalue weighted by atomic mass is 9.86. The molecule has 32 heavy (non-hydrogen) atoms. The summed E-state index contributed by atoms with van der Waals surface area (Å²) in [6.07, 6.45) is 9.04. The van der Waals surface area contributed by atoms with Crippen LogP contribution >= 0.6 is 0 Å². The van der Waals surface area contributed by atoms with Crippen LogP contribution in [0.4, 0.5) is 0 Å². The summed E-state index contributed by atoms with van der Waals surface area (Å²) in [5, 5.41) is 28.5. The lowest BCUT2D eigenvalue weighted by Crippen LogP contribution is -2.11. The van der Waals surface area contributed by atoms with Gasteiger partial charge in [0, 0.05) is 39.6 Å². The van der Waals surface area contributed by atoms with Crippen LogP contribution in [0.1, 0.15) is 59.6 Å². The van der Waals surface area contributed by atoms with Crippen molar-refractivity contribution >= 4 is 12.2 Å². The van der Waals surface area contributed by atoms with Gasteiger partial charge >= 0.3 is 0 Å². The fourth-order valence-corrected chi connectivity index (χ4v) is 4.90. The highest BCUT2D eigenvalue weighted by molar-refractivity contribution is 5.81. The van der Waals surface area contributed by atoms with Crippen molar-refractivity contribution in [1.82, 2.24) is 9.55 Å². The summed E-state index contributed by atoms with van der Waals surface area (Å²) < 4.78 is 2.30. The number of nitriles is 3. The number of para-hydroxylation sites is 1. The van der Waals surface area contributed by atoms with Gasteiger partial charge in [-0.15, -0.1) is 0 Å². The SMILES string of the molecule is CC1CC(C#N)=Cc2c3c(n(-c4ccccc4-c4ccc(C#N)nc4C#N)c21)C=CCC3. The number of fused-ring (bicyclic) bond motifs is 3. The predicted molar refractivity (Wildman–Crippen MR) is 122 cm³/mol. The topological polar surface area (TPSA) is 89.2 Å². The summed E-state index contributed by atoms with van der Waals surface area (Å²) in [4.78, 5) is 4.23. The highest BCUT2D eigenvalue weighted by atomic mass is 15.0. The second-order valence-corrected chi connectivity index (χ2v) is 8.16. The summed E-state index contributed by atoms with van der Waals surface area (Å²) in [5.74, 6) is 0.186. The van der Waals surface area contributed by atoms with E-state index >= 15 is 0 Å². The molecule has 0 aliphatic heterocycles. The van der Waals surface area contributed by atoms with Crippen molar-refractivity contribution in [2.75, 3.05) is 0 Å². The number of pyridine rings is 1. The zero-order valence-corrected chi connectivity index (χ0v) is 17.6. The van der Waals surface area contributed by atoms with E-state index in [1.165, 1.54) is 11.3 Å². The minimum absolute atomic E-state index is 0.186. The molecular formula is C27H19N5. The Morgan fingerprint density at radius 3 is 2.62 bits per heavy atom. The third-order valence-electron chi connectivity index (χ3n) is 6.23. The summed E-state index contributed by atoms with van der Waals surface area (Å²) in [5.41, 5.74) is 8.62. The summed E-state index contributed by atoms with van der Waals surface area (Å²) in [6, 6.07) is 18.0. The summed E-state index contributed by atoms with van der Waals surface area (Å²) >= 11 is 0. The molecular weight excluding hydrogens is 394 g/mol. The second kappa shape index (κ2) is 7.69. The van der Waals surface area contributed by atoms with Gasteiger partial charge in [0.2, 0.25) is 0 Å². The molecule has 1 aromatic carbocycles. The van der Waals surface area contributed by atoms with E-state index in [4.69, 9.17) is 0 Å². The summed E-state index contributed by atoms with van der Waals surface area (Å²) in [6.45, 7) is 2.17. The maximum atomic E-state index is 9.73. The van der Waals surface area contributed by atoms with Crippen LogP contribution in [0.2, 0.25) is 0 Å². The maximum absolute atomic E-state index is 9.73. The number of nitrogens with zero attached hydrogens (tertiary/aromatic N) is 5. The Morgan fingerprint density at radius 1 is 1.00 bits per heavy atom. The van der Waals surface area contributed by atoms with Crippen LogP contribution in [0.15, 0.2) is 48.0 Å². The van der Waals surface area contributed by atoms with E-state index in [2.05, 4.69) is 52.9 Å². The normalized spacial score (nSPS) is 16.2. The molecule has 0 N–H and O–H groups in total. The van der Waals surface area contributed by atoms with Gasteiger partial charge in [-0.05, 0) is 55.2 Å². The largest absolute Gasteiger partial charge is 0.312 e. The van der Waals surface area contributed by atoms with E-state index < -0.39 is 0 Å². The van der Waals surface area contributed by atoms with Gasteiger partial charge in [-0.2, -0.15) is 15.8 Å². The van der Waals surface area contributed by atoms with Gasteiger partial charge in [-0.1, -0.05) is 31.2 Å². The van der Waals surface area contributed by atoms with Crippen molar-refractivity contribution in [3.63, 3.8) is 0 Å². The Kier molecular flexibility index (Phi) is 4.70. The quantitative estimate of drug-likeness (QED) is 0.542. The molecule has 2 aliphatic rings. The van der Waals surface area contributed by atoms with Gasteiger partial charge in [0.25, 0.3) is 0 Å². The van der Waals surface area contributed by atoms with Crippen LogP contribution in [-0.4, -0.2) is 9.55 Å². The van der Waals surface area contributed by atoms with E-state index in [0.29, 0.717) is 12.0 Å². The number of hydrogen-bond acceptors (Lipinski definition) is 4. The highest BCUT2D eigenvalue weighted by Gasteiger charge is 2.30. The molecule has 1 atom stereocenters. The van der Waals surface area contributed by atoms with Gasteiger partial charge in [0.1, 0.15) is 23.5 Å². The van der Waals surface area contributed by atoms with Crippen LogP contribution in [0.3, 0.4) is 0 Å². The smallest absolute Gasteiger partial charge is 0.149 e. The standard InChI is InChI=1S/C27H19N5/c1-17-12-18(14-28)13-23-22-7-3-5-9-26(22)32(27(17)23)25-8-4-2-6-21(25)20-11-10-19(15-29)31-24(20)16-30/h2,4-6,8-11,13,17H,3,7,12H2,1H3. The fourth-order valence-electron chi connectivity index (χ4n) is 4.90. The van der Waals surface area contributed by atoms with Gasteiger partial charge in [-0.3, -0.25) is 0 Å². The fraction of sp³-hybridized carbons (Fsp3) is 0.185. The number of benzene rings is 1. The first kappa shape index (κ1) is 19.6. The number of allylic oxidation sites excluding steroid dienone is 2. The number of rotatable bonds is 2. The van der Waals surface area contributed by atoms with Crippen LogP contribution in [0, 0.1) is 34.0 Å². The molecule has 2 aliphatic carbocycles. The Morgan fingerprint density at radius 2 is 1.84 bits per heavy atom. The van der Waals surface area contributed by atoms with Crippen LogP contribution in [-0.2, 0) is 6.42 Å². The van der Waals surface area contributed by atoms with Crippen molar-refractivity contribution in [1.29, 1.82) is 15.8 Å². The molecule has 0 bridgehead atoms. The highest BCUT2D eigenvalue weighted by Crippen LogP contribution is 2.43. The molecule has 0 fully saturated rings. The second-order valence-electron chi connectivity index (χ2n) is 8.16. The third kappa shape index (κ3) is 2.94. The van der Waals surface area contributed by atoms with Crippen molar-refractivity contribution in [3.05, 3.63) is 81.9 Å². The molecule has 0 amide bonds. The van der Waals surface area contributed by atoms with Crippen molar-refractivity contribution in [2.45, 2.75) is 32.1 Å². The number of hydrogen-bond donors (Lipinski definition) is 0. The zero-order valence-electron chi connectivity index (χ0n) is 17.6. The van der Waals surface area contributed by atoms with Crippen molar-refractivity contribution < 1.29 is 0 Å². The van der Waals surface area contributed by atoms with Gasteiger partial charge < -0.3 is 4.57 Å².